The molecule has 0 amide bonds. The summed E-state index contributed by atoms with van der Waals surface area (Å²) in [4.78, 5) is 10.9. The van der Waals surface area contributed by atoms with Gasteiger partial charge in [-0.2, -0.15) is 0 Å². The molecule has 0 saturated carbocycles. The van der Waals surface area contributed by atoms with Crippen LogP contribution >= 0.6 is 0 Å². The van der Waals surface area contributed by atoms with Gasteiger partial charge in [-0.05, 0) is 30.3 Å². The predicted molar refractivity (Wildman–Crippen MR) is 80.3 cm³/mol. The first-order chi connectivity index (χ1) is 9.12. The highest BCUT2D eigenvalue weighted by Crippen LogP contribution is 2.37. The molecule has 3 nitrogen and oxygen atoms in total. The van der Waals surface area contributed by atoms with Crippen LogP contribution in [0.15, 0.2) is 12.1 Å². The van der Waals surface area contributed by atoms with Crippen molar-refractivity contribution in [1.82, 2.24) is 0 Å². The van der Waals surface area contributed by atoms with E-state index in [-0.39, 0.29) is 17.2 Å². The minimum absolute atomic E-state index is 0.00168. The van der Waals surface area contributed by atoms with Crippen molar-refractivity contribution in [2.75, 3.05) is 7.11 Å². The summed E-state index contributed by atoms with van der Waals surface area (Å²) in [5.41, 5.74) is 0.356. The Labute approximate surface area is 121 Å². The average molecular weight is 298 g/mol. The summed E-state index contributed by atoms with van der Waals surface area (Å²) in [6.45, 7) is 10.7. The first kappa shape index (κ1) is 16.9. The van der Waals surface area contributed by atoms with Gasteiger partial charge in [0.2, 0.25) is 0 Å². The van der Waals surface area contributed by atoms with Crippen LogP contribution in [0, 0.1) is 5.82 Å². The van der Waals surface area contributed by atoms with Crippen LogP contribution in [0.5, 0.6) is 5.75 Å². The molecule has 0 aromatic heterocycles. The average Bonchev–Trinajstić information content (AvgIpc) is 2.36. The van der Waals surface area contributed by atoms with Gasteiger partial charge in [-0.3, -0.25) is 4.79 Å². The van der Waals surface area contributed by atoms with E-state index in [9.17, 15) is 9.18 Å². The van der Waals surface area contributed by atoms with Crippen molar-refractivity contribution in [1.29, 1.82) is 0 Å². The molecular formula is C15H23FO3Si. The zero-order valence-corrected chi connectivity index (χ0v) is 14.0. The van der Waals surface area contributed by atoms with Crippen molar-refractivity contribution in [2.45, 2.75) is 45.5 Å². The van der Waals surface area contributed by atoms with Crippen LogP contribution < -0.4 is 4.74 Å². The van der Waals surface area contributed by atoms with E-state index in [0.717, 1.165) is 0 Å². The number of aldehydes is 1. The fourth-order valence-corrected chi connectivity index (χ4v) is 2.41. The predicted octanol–water partition coefficient (Wildman–Crippen LogP) is 4.17. The summed E-state index contributed by atoms with van der Waals surface area (Å²) in [6, 6.07) is 2.97. The van der Waals surface area contributed by atoms with Crippen molar-refractivity contribution < 1.29 is 18.3 Å². The van der Waals surface area contributed by atoms with Gasteiger partial charge in [-0.1, -0.05) is 20.8 Å². The number of rotatable bonds is 5. The number of methoxy groups -OCH3 is 1. The van der Waals surface area contributed by atoms with Gasteiger partial charge < -0.3 is 9.16 Å². The number of carbonyl (C=O) groups is 1. The summed E-state index contributed by atoms with van der Waals surface area (Å²) in [5.74, 6) is -0.0677. The number of benzene rings is 1. The Morgan fingerprint density at radius 1 is 1.30 bits per heavy atom. The van der Waals surface area contributed by atoms with Crippen molar-refractivity contribution in [3.8, 4) is 5.75 Å². The second-order valence-electron chi connectivity index (χ2n) is 6.36. The minimum atomic E-state index is -1.96. The molecule has 0 aliphatic carbocycles. The topological polar surface area (TPSA) is 35.5 Å². The van der Waals surface area contributed by atoms with Crippen LogP contribution in [0.4, 0.5) is 4.39 Å². The molecule has 1 aromatic carbocycles. The lowest BCUT2D eigenvalue weighted by Gasteiger charge is -2.36. The summed E-state index contributed by atoms with van der Waals surface area (Å²) in [5, 5.41) is 0.0514. The highest BCUT2D eigenvalue weighted by Gasteiger charge is 2.37. The van der Waals surface area contributed by atoms with Gasteiger partial charge in [-0.15, -0.1) is 0 Å². The molecule has 1 rings (SSSR count). The third kappa shape index (κ3) is 3.67. The molecule has 5 heteroatoms. The molecule has 0 heterocycles. The van der Waals surface area contributed by atoms with Crippen LogP contribution in [-0.2, 0) is 11.0 Å². The number of hydrogen-bond acceptors (Lipinski definition) is 3. The lowest BCUT2D eigenvalue weighted by molar-refractivity contribution is 0.111. The standard InChI is InChI=1S/C15H23FO3Si/c1-15(2,3)20(5,6)19-10-12-8-13(18-4)7-11(9-17)14(12)16/h7-9H,10H2,1-6H3. The Morgan fingerprint density at radius 2 is 1.90 bits per heavy atom. The van der Waals surface area contributed by atoms with Crippen LogP contribution in [0.25, 0.3) is 0 Å². The third-order valence-corrected chi connectivity index (χ3v) is 8.39. The van der Waals surface area contributed by atoms with Crippen molar-refractivity contribution in [3.63, 3.8) is 0 Å². The molecule has 0 bridgehead atoms. The van der Waals surface area contributed by atoms with Crippen molar-refractivity contribution in [3.05, 3.63) is 29.1 Å². The molecule has 1 aromatic rings. The summed E-state index contributed by atoms with van der Waals surface area (Å²) >= 11 is 0. The molecule has 0 aliphatic rings. The largest absolute Gasteiger partial charge is 0.497 e. The monoisotopic (exact) mass is 298 g/mol. The Bertz CT molecular complexity index is 493. The molecule has 0 radical (unpaired) electrons. The Hall–Kier alpha value is -1.20. The summed E-state index contributed by atoms with van der Waals surface area (Å²) in [6.07, 6.45) is 0.494. The highest BCUT2D eigenvalue weighted by atomic mass is 28.4. The van der Waals surface area contributed by atoms with Crippen LogP contribution in [0.2, 0.25) is 18.1 Å². The van der Waals surface area contributed by atoms with Crippen LogP contribution in [0.1, 0.15) is 36.7 Å². The third-order valence-electron chi connectivity index (χ3n) is 3.91. The number of hydrogen-bond donors (Lipinski definition) is 0. The second kappa shape index (κ2) is 6.05. The first-order valence-corrected chi connectivity index (χ1v) is 9.49. The smallest absolute Gasteiger partial charge is 0.192 e. The van der Waals surface area contributed by atoms with E-state index in [4.69, 9.17) is 9.16 Å². The number of halogens is 1. The zero-order chi connectivity index (χ0) is 15.6. The zero-order valence-electron chi connectivity index (χ0n) is 13.0. The van der Waals surface area contributed by atoms with Crippen molar-refractivity contribution in [2.24, 2.45) is 0 Å². The second-order valence-corrected chi connectivity index (χ2v) is 11.2. The molecular weight excluding hydrogens is 275 g/mol. The molecule has 0 aliphatic heterocycles. The lowest BCUT2D eigenvalue weighted by Crippen LogP contribution is -2.40. The van der Waals surface area contributed by atoms with Crippen LogP contribution in [-0.4, -0.2) is 21.7 Å². The minimum Gasteiger partial charge on any atom is -0.497 e. The molecule has 112 valence electrons. The van der Waals surface area contributed by atoms with Gasteiger partial charge in [0.05, 0.1) is 19.3 Å². The molecule has 0 saturated heterocycles. The van der Waals surface area contributed by atoms with Crippen molar-refractivity contribution >= 4 is 14.6 Å². The van der Waals surface area contributed by atoms with E-state index >= 15 is 0 Å². The molecule has 0 atom stereocenters. The quantitative estimate of drug-likeness (QED) is 0.604. The van der Waals surface area contributed by atoms with E-state index in [1.165, 1.54) is 13.2 Å². The molecule has 0 N–H and O–H groups in total. The summed E-state index contributed by atoms with van der Waals surface area (Å²) < 4.78 is 25.2. The van der Waals surface area contributed by atoms with Gasteiger partial charge >= 0.3 is 0 Å². The maximum absolute atomic E-state index is 14.1. The molecule has 0 unspecified atom stereocenters. The fourth-order valence-electron chi connectivity index (χ4n) is 1.46. The van der Waals surface area contributed by atoms with E-state index < -0.39 is 14.1 Å². The highest BCUT2D eigenvalue weighted by molar-refractivity contribution is 6.74. The molecule has 0 spiro atoms. The van der Waals surface area contributed by atoms with Gasteiger partial charge in [0.1, 0.15) is 11.6 Å². The lowest BCUT2D eigenvalue weighted by atomic mass is 10.1. The van der Waals surface area contributed by atoms with E-state index in [0.29, 0.717) is 17.6 Å². The SMILES string of the molecule is COc1cc(C=O)c(F)c(CO[Si](C)(C)C(C)(C)C)c1. The normalized spacial score (nSPS) is 12.3. The first-order valence-electron chi connectivity index (χ1n) is 6.58. The van der Waals surface area contributed by atoms with E-state index in [2.05, 4.69) is 33.9 Å². The molecule has 0 fully saturated rings. The number of ether oxygens (including phenoxy) is 1. The Balaban J connectivity index is 3.01. The number of carbonyl (C=O) groups excluding carboxylic acids is 1. The van der Waals surface area contributed by atoms with Gasteiger partial charge in [0, 0.05) is 5.56 Å². The summed E-state index contributed by atoms with van der Waals surface area (Å²) in [7, 11) is -0.475. The van der Waals surface area contributed by atoms with E-state index in [1.54, 1.807) is 6.07 Å². The Morgan fingerprint density at radius 3 is 2.35 bits per heavy atom. The van der Waals surface area contributed by atoms with E-state index in [1.807, 2.05) is 0 Å². The van der Waals surface area contributed by atoms with Crippen LogP contribution in [0.3, 0.4) is 0 Å². The maximum Gasteiger partial charge on any atom is 0.192 e. The fraction of sp³-hybridized carbons (Fsp3) is 0.533. The van der Waals surface area contributed by atoms with Gasteiger partial charge in [0.25, 0.3) is 0 Å². The van der Waals surface area contributed by atoms with Gasteiger partial charge in [-0.25, -0.2) is 4.39 Å². The Kier molecular flexibility index (Phi) is 5.10. The maximum atomic E-state index is 14.1. The van der Waals surface area contributed by atoms with Gasteiger partial charge in [0.15, 0.2) is 14.6 Å². The molecule has 20 heavy (non-hydrogen) atoms.